The van der Waals surface area contributed by atoms with E-state index in [4.69, 9.17) is 14.2 Å². The second-order valence-corrected chi connectivity index (χ2v) is 5.61. The van der Waals surface area contributed by atoms with Crippen LogP contribution in [0.15, 0.2) is 42.2 Å². The Morgan fingerprint density at radius 3 is 2.50 bits per heavy atom. The van der Waals surface area contributed by atoms with Crippen molar-refractivity contribution in [3.63, 3.8) is 0 Å². The Hall–Kier alpha value is -3.09. The van der Waals surface area contributed by atoms with Crippen molar-refractivity contribution in [3.8, 4) is 11.4 Å². The smallest absolute Gasteiger partial charge is 0.348 e. The van der Waals surface area contributed by atoms with E-state index in [-0.39, 0.29) is 5.57 Å². The summed E-state index contributed by atoms with van der Waals surface area (Å²) in [7, 11) is 1.53. The second-order valence-electron chi connectivity index (χ2n) is 5.61. The van der Waals surface area contributed by atoms with Gasteiger partial charge in [0.15, 0.2) is 0 Å². The third-order valence-electron chi connectivity index (χ3n) is 3.40. The zero-order valence-corrected chi connectivity index (χ0v) is 13.5. The van der Waals surface area contributed by atoms with E-state index >= 15 is 0 Å². The molecule has 0 bridgehead atoms. The van der Waals surface area contributed by atoms with E-state index in [1.165, 1.54) is 27.0 Å². The lowest BCUT2D eigenvalue weighted by Gasteiger charge is -2.29. The molecule has 1 aliphatic rings. The Labute approximate surface area is 138 Å². The summed E-state index contributed by atoms with van der Waals surface area (Å²) in [6.07, 6.45) is 4.80. The van der Waals surface area contributed by atoms with E-state index in [9.17, 15) is 9.59 Å². The number of rotatable bonds is 3. The molecule has 1 aromatic heterocycles. The SMILES string of the molecule is COc1ccc(-n2cccn2)c(C=C2C(=O)OC(C)(C)OC2=O)c1. The van der Waals surface area contributed by atoms with E-state index in [0.29, 0.717) is 17.0 Å². The van der Waals surface area contributed by atoms with Gasteiger partial charge in [0.25, 0.3) is 5.79 Å². The largest absolute Gasteiger partial charge is 0.497 e. The fourth-order valence-corrected chi connectivity index (χ4v) is 2.33. The van der Waals surface area contributed by atoms with E-state index < -0.39 is 17.7 Å². The highest BCUT2D eigenvalue weighted by Crippen LogP contribution is 2.27. The second kappa shape index (κ2) is 5.84. The van der Waals surface area contributed by atoms with Crippen molar-refractivity contribution in [1.29, 1.82) is 0 Å². The molecule has 7 nitrogen and oxygen atoms in total. The minimum Gasteiger partial charge on any atom is -0.497 e. The number of carbonyl (C=O) groups is 2. The standard InChI is InChI=1S/C17H16N2O5/c1-17(2)23-15(20)13(16(21)24-17)10-11-9-12(22-3)5-6-14(11)19-8-4-7-18-19/h4-10H,1-3H3. The topological polar surface area (TPSA) is 79.7 Å². The third-order valence-corrected chi connectivity index (χ3v) is 3.40. The van der Waals surface area contributed by atoms with Crippen LogP contribution in [0.5, 0.6) is 5.75 Å². The Morgan fingerprint density at radius 1 is 1.21 bits per heavy atom. The number of benzene rings is 1. The molecule has 1 aromatic carbocycles. The molecule has 0 aliphatic carbocycles. The lowest BCUT2D eigenvalue weighted by Crippen LogP contribution is -2.41. The number of hydrogen-bond donors (Lipinski definition) is 0. The molecule has 2 heterocycles. The van der Waals surface area contributed by atoms with Crippen LogP contribution < -0.4 is 4.74 Å². The highest BCUT2D eigenvalue weighted by atomic mass is 16.7. The van der Waals surface area contributed by atoms with Crippen LogP contribution in [0.25, 0.3) is 11.8 Å². The fraction of sp³-hybridized carbons (Fsp3) is 0.235. The zero-order chi connectivity index (χ0) is 17.3. The Kier molecular flexibility index (Phi) is 3.84. The summed E-state index contributed by atoms with van der Waals surface area (Å²) in [5.74, 6) is -2.16. The average Bonchev–Trinajstić information content (AvgIpc) is 3.04. The quantitative estimate of drug-likeness (QED) is 0.488. The van der Waals surface area contributed by atoms with Crippen LogP contribution in [0.3, 0.4) is 0 Å². The van der Waals surface area contributed by atoms with Crippen LogP contribution in [0, 0.1) is 0 Å². The number of esters is 2. The van der Waals surface area contributed by atoms with Crippen molar-refractivity contribution in [2.75, 3.05) is 7.11 Å². The summed E-state index contributed by atoms with van der Waals surface area (Å²) in [5.41, 5.74) is 1.07. The van der Waals surface area contributed by atoms with E-state index in [1.807, 2.05) is 0 Å². The van der Waals surface area contributed by atoms with Crippen molar-refractivity contribution in [1.82, 2.24) is 9.78 Å². The van der Waals surface area contributed by atoms with Crippen LogP contribution in [0.2, 0.25) is 0 Å². The summed E-state index contributed by atoms with van der Waals surface area (Å²) < 4.78 is 17.1. The fourth-order valence-electron chi connectivity index (χ4n) is 2.33. The Balaban J connectivity index is 2.08. The van der Waals surface area contributed by atoms with Gasteiger partial charge in [-0.1, -0.05) is 0 Å². The van der Waals surface area contributed by atoms with Crippen LogP contribution in [0.1, 0.15) is 19.4 Å². The maximum absolute atomic E-state index is 12.1. The molecule has 0 amide bonds. The van der Waals surface area contributed by atoms with E-state index in [2.05, 4.69) is 5.10 Å². The van der Waals surface area contributed by atoms with Gasteiger partial charge in [0.2, 0.25) is 0 Å². The Bertz CT molecular complexity index is 800. The first-order chi connectivity index (χ1) is 11.4. The number of aromatic nitrogens is 2. The number of cyclic esters (lactones) is 2. The number of methoxy groups -OCH3 is 1. The number of carbonyl (C=O) groups excluding carboxylic acids is 2. The lowest BCUT2D eigenvalue weighted by molar-refractivity contribution is -0.222. The number of hydrogen-bond acceptors (Lipinski definition) is 6. The van der Waals surface area contributed by atoms with Gasteiger partial charge in [0.05, 0.1) is 12.8 Å². The first-order valence-corrected chi connectivity index (χ1v) is 7.26. The van der Waals surface area contributed by atoms with Crippen LogP contribution in [-0.2, 0) is 19.1 Å². The average molecular weight is 328 g/mol. The van der Waals surface area contributed by atoms with Gasteiger partial charge in [0.1, 0.15) is 11.3 Å². The van der Waals surface area contributed by atoms with Gasteiger partial charge in [-0.3, -0.25) is 0 Å². The summed E-state index contributed by atoms with van der Waals surface area (Å²) >= 11 is 0. The third kappa shape index (κ3) is 3.01. The van der Waals surface area contributed by atoms with Crippen molar-refractivity contribution < 1.29 is 23.8 Å². The lowest BCUT2D eigenvalue weighted by atomic mass is 10.1. The molecule has 0 spiro atoms. The molecule has 2 aromatic rings. The highest BCUT2D eigenvalue weighted by molar-refractivity contribution is 6.19. The molecule has 0 unspecified atom stereocenters. The van der Waals surface area contributed by atoms with Crippen molar-refractivity contribution in [2.24, 2.45) is 0 Å². The number of nitrogens with zero attached hydrogens (tertiary/aromatic N) is 2. The normalized spacial score (nSPS) is 16.4. The molecule has 0 N–H and O–H groups in total. The molecule has 1 aliphatic heterocycles. The van der Waals surface area contributed by atoms with Gasteiger partial charge in [-0.15, -0.1) is 0 Å². The van der Waals surface area contributed by atoms with Gasteiger partial charge < -0.3 is 14.2 Å². The molecule has 3 rings (SSSR count). The van der Waals surface area contributed by atoms with Crippen LogP contribution in [-0.4, -0.2) is 34.6 Å². The molecule has 24 heavy (non-hydrogen) atoms. The van der Waals surface area contributed by atoms with Crippen LogP contribution >= 0.6 is 0 Å². The zero-order valence-electron chi connectivity index (χ0n) is 13.5. The minimum absolute atomic E-state index is 0.184. The van der Waals surface area contributed by atoms with Gasteiger partial charge in [-0.2, -0.15) is 5.10 Å². The van der Waals surface area contributed by atoms with Crippen molar-refractivity contribution in [3.05, 3.63) is 47.8 Å². The molecule has 1 fully saturated rings. The van der Waals surface area contributed by atoms with Crippen molar-refractivity contribution >= 4 is 18.0 Å². The predicted molar refractivity (Wildman–Crippen MR) is 84.4 cm³/mol. The summed E-state index contributed by atoms with van der Waals surface area (Å²) in [6.45, 7) is 3.00. The predicted octanol–water partition coefficient (Wildman–Crippen LogP) is 2.10. The van der Waals surface area contributed by atoms with E-state index in [1.54, 1.807) is 41.3 Å². The molecule has 124 valence electrons. The summed E-state index contributed by atoms with van der Waals surface area (Å²) in [6, 6.07) is 7.01. The highest BCUT2D eigenvalue weighted by Gasteiger charge is 2.39. The van der Waals surface area contributed by atoms with Gasteiger partial charge in [0, 0.05) is 31.8 Å². The molecule has 1 saturated heterocycles. The summed E-state index contributed by atoms with van der Waals surface area (Å²) in [4.78, 5) is 24.3. The molecule has 7 heteroatoms. The maximum atomic E-state index is 12.1. The molecular formula is C17H16N2O5. The molecular weight excluding hydrogens is 312 g/mol. The Morgan fingerprint density at radius 2 is 1.92 bits per heavy atom. The van der Waals surface area contributed by atoms with Gasteiger partial charge in [-0.05, 0) is 30.3 Å². The summed E-state index contributed by atoms with van der Waals surface area (Å²) in [5, 5.41) is 4.17. The van der Waals surface area contributed by atoms with Gasteiger partial charge in [-0.25, -0.2) is 14.3 Å². The number of ether oxygens (including phenoxy) is 3. The van der Waals surface area contributed by atoms with Crippen LogP contribution in [0.4, 0.5) is 0 Å². The monoisotopic (exact) mass is 328 g/mol. The first kappa shape index (κ1) is 15.8. The van der Waals surface area contributed by atoms with E-state index in [0.717, 1.165) is 0 Å². The maximum Gasteiger partial charge on any atom is 0.348 e. The molecule has 0 atom stereocenters. The molecule has 0 saturated carbocycles. The molecule has 0 radical (unpaired) electrons. The van der Waals surface area contributed by atoms with Gasteiger partial charge >= 0.3 is 11.9 Å². The first-order valence-electron chi connectivity index (χ1n) is 7.26. The minimum atomic E-state index is -1.27. The van der Waals surface area contributed by atoms with Crippen molar-refractivity contribution in [2.45, 2.75) is 19.6 Å².